The van der Waals surface area contributed by atoms with Gasteiger partial charge in [0.05, 0.1) is 25.5 Å². The zero-order valence-corrected chi connectivity index (χ0v) is 15.1. The van der Waals surface area contributed by atoms with Crippen molar-refractivity contribution in [3.63, 3.8) is 0 Å². The highest BCUT2D eigenvalue weighted by Gasteiger charge is 2.38. The molecule has 0 amide bonds. The summed E-state index contributed by atoms with van der Waals surface area (Å²) in [6.45, 7) is 8.59. The summed E-state index contributed by atoms with van der Waals surface area (Å²) >= 11 is 0. The van der Waals surface area contributed by atoms with Crippen LogP contribution < -0.4 is 0 Å². The van der Waals surface area contributed by atoms with Crippen LogP contribution in [-0.2, 0) is 33.1 Å². The zero-order valence-electron chi connectivity index (χ0n) is 14.1. The van der Waals surface area contributed by atoms with Crippen LogP contribution in [0.1, 0.15) is 23.4 Å². The van der Waals surface area contributed by atoms with Crippen LogP contribution >= 0.6 is 0 Å². The van der Waals surface area contributed by atoms with Gasteiger partial charge in [0.1, 0.15) is 12.4 Å². The highest BCUT2D eigenvalue weighted by atomic mass is 28.4. The van der Waals surface area contributed by atoms with E-state index in [1.807, 2.05) is 0 Å². The van der Waals surface area contributed by atoms with Crippen LogP contribution in [-0.4, -0.2) is 38.3 Å². The first-order valence-electron chi connectivity index (χ1n) is 7.83. The molecule has 0 saturated heterocycles. The molecule has 24 heavy (non-hydrogen) atoms. The van der Waals surface area contributed by atoms with Gasteiger partial charge in [-0.2, -0.15) is 18.3 Å². The van der Waals surface area contributed by atoms with Crippen molar-refractivity contribution in [3.05, 3.63) is 28.8 Å². The smallest absolute Gasteiger partial charge is 0.435 e. The van der Waals surface area contributed by atoms with Crippen LogP contribution in [0, 0.1) is 0 Å². The minimum absolute atomic E-state index is 0.193. The van der Waals surface area contributed by atoms with Gasteiger partial charge in [0.15, 0.2) is 5.69 Å². The number of ether oxygens (including phenoxy) is 2. The number of nitrogens with one attached hydrogen (secondary N) is 1. The molecular weight excluding hydrogens is 341 g/mol. The predicted octanol–water partition coefficient (Wildman–Crippen LogP) is 3.64. The SMILES string of the molecule is C[Si](C)(C)OC1=CCCOC1.FC(F)(F)c1n[nH]c2c1CCOC2. The van der Waals surface area contributed by atoms with Crippen molar-refractivity contribution in [2.75, 3.05) is 19.8 Å². The van der Waals surface area contributed by atoms with Crippen molar-refractivity contribution in [1.29, 1.82) is 0 Å². The highest BCUT2D eigenvalue weighted by Crippen LogP contribution is 2.33. The average molecular weight is 364 g/mol. The van der Waals surface area contributed by atoms with E-state index < -0.39 is 20.2 Å². The van der Waals surface area contributed by atoms with Crippen LogP contribution in [0.2, 0.25) is 19.6 Å². The Morgan fingerprint density at radius 2 is 1.88 bits per heavy atom. The van der Waals surface area contributed by atoms with Crippen LogP contribution in [0.25, 0.3) is 0 Å². The first-order chi connectivity index (χ1) is 11.2. The number of aromatic amines is 1. The molecule has 3 heterocycles. The molecular formula is C15H23F3N2O3Si. The number of rotatable bonds is 2. The fourth-order valence-electron chi connectivity index (χ4n) is 2.37. The summed E-state index contributed by atoms with van der Waals surface area (Å²) in [6.07, 6.45) is -0.941. The molecule has 2 aliphatic heterocycles. The molecule has 0 unspecified atom stereocenters. The molecule has 0 saturated carbocycles. The van der Waals surface area contributed by atoms with Crippen LogP contribution in [0.5, 0.6) is 0 Å². The van der Waals surface area contributed by atoms with Crippen LogP contribution in [0.4, 0.5) is 13.2 Å². The maximum atomic E-state index is 12.3. The van der Waals surface area contributed by atoms with E-state index in [1.54, 1.807) is 0 Å². The Balaban J connectivity index is 0.000000177. The molecule has 0 aromatic carbocycles. The predicted molar refractivity (Wildman–Crippen MR) is 84.9 cm³/mol. The lowest BCUT2D eigenvalue weighted by Crippen LogP contribution is -2.27. The van der Waals surface area contributed by atoms with Gasteiger partial charge in [-0.15, -0.1) is 0 Å². The molecule has 1 aromatic rings. The summed E-state index contributed by atoms with van der Waals surface area (Å²) in [7, 11) is -1.39. The third-order valence-corrected chi connectivity index (χ3v) is 4.15. The maximum absolute atomic E-state index is 12.3. The van der Waals surface area contributed by atoms with Gasteiger partial charge in [-0.3, -0.25) is 5.10 Å². The number of nitrogens with zero attached hydrogens (tertiary/aromatic N) is 1. The van der Waals surface area contributed by atoms with Gasteiger partial charge in [0.2, 0.25) is 8.32 Å². The molecule has 1 N–H and O–H groups in total. The van der Waals surface area contributed by atoms with Gasteiger partial charge in [-0.25, -0.2) is 0 Å². The molecule has 0 fully saturated rings. The third-order valence-electron chi connectivity index (χ3n) is 3.28. The topological polar surface area (TPSA) is 56.4 Å². The van der Waals surface area contributed by atoms with E-state index in [4.69, 9.17) is 13.9 Å². The van der Waals surface area contributed by atoms with E-state index >= 15 is 0 Å². The first-order valence-corrected chi connectivity index (χ1v) is 11.2. The largest absolute Gasteiger partial charge is 0.546 e. The van der Waals surface area contributed by atoms with Crippen molar-refractivity contribution < 1.29 is 27.1 Å². The minimum atomic E-state index is -4.36. The Morgan fingerprint density at radius 1 is 1.17 bits per heavy atom. The maximum Gasteiger partial charge on any atom is 0.435 e. The summed E-state index contributed by atoms with van der Waals surface area (Å²) in [6, 6.07) is 0. The fraction of sp³-hybridized carbons (Fsp3) is 0.667. The Bertz CT molecular complexity index is 579. The molecule has 1 aromatic heterocycles. The number of hydrogen-bond acceptors (Lipinski definition) is 4. The third kappa shape index (κ3) is 5.64. The molecule has 0 spiro atoms. The molecule has 0 aliphatic carbocycles. The van der Waals surface area contributed by atoms with Crippen molar-refractivity contribution in [3.8, 4) is 0 Å². The number of alkyl halides is 3. The summed E-state index contributed by atoms with van der Waals surface area (Å²) in [5.41, 5.74) is -0.108. The first kappa shape index (κ1) is 19.0. The number of hydrogen-bond donors (Lipinski definition) is 1. The lowest BCUT2D eigenvalue weighted by molar-refractivity contribution is -0.142. The Morgan fingerprint density at radius 3 is 2.46 bits per heavy atom. The molecule has 3 rings (SSSR count). The van der Waals surface area contributed by atoms with Crippen LogP contribution in [0.3, 0.4) is 0 Å². The van der Waals surface area contributed by atoms with Gasteiger partial charge >= 0.3 is 6.18 Å². The van der Waals surface area contributed by atoms with Gasteiger partial charge in [-0.05, 0) is 38.6 Å². The second-order valence-electron chi connectivity index (χ2n) is 6.56. The molecule has 0 atom stereocenters. The quantitative estimate of drug-likeness (QED) is 0.814. The lowest BCUT2D eigenvalue weighted by atomic mass is 10.1. The monoisotopic (exact) mass is 364 g/mol. The van der Waals surface area contributed by atoms with Crippen LogP contribution in [0.15, 0.2) is 11.8 Å². The summed E-state index contributed by atoms with van der Waals surface area (Å²) in [5.74, 6) is 1.04. The van der Waals surface area contributed by atoms with Gasteiger partial charge in [-0.1, -0.05) is 0 Å². The van der Waals surface area contributed by atoms with Crippen molar-refractivity contribution in [1.82, 2.24) is 10.2 Å². The summed E-state index contributed by atoms with van der Waals surface area (Å²) in [5, 5.41) is 5.58. The minimum Gasteiger partial charge on any atom is -0.546 e. The second kappa shape index (κ2) is 7.71. The summed E-state index contributed by atoms with van der Waals surface area (Å²) < 4.78 is 52.9. The number of halogens is 3. The van der Waals surface area contributed by atoms with Crippen molar-refractivity contribution in [2.45, 2.75) is 45.3 Å². The molecule has 0 radical (unpaired) electrons. The van der Waals surface area contributed by atoms with Gasteiger partial charge < -0.3 is 13.9 Å². The highest BCUT2D eigenvalue weighted by molar-refractivity contribution is 6.70. The Kier molecular flexibility index (Phi) is 6.10. The summed E-state index contributed by atoms with van der Waals surface area (Å²) in [4.78, 5) is 0. The van der Waals surface area contributed by atoms with E-state index in [0.717, 1.165) is 18.8 Å². The number of fused-ring (bicyclic) bond motifs is 1. The average Bonchev–Trinajstić information content (AvgIpc) is 2.91. The zero-order chi connectivity index (χ0) is 17.8. The van der Waals surface area contributed by atoms with Gasteiger partial charge in [0.25, 0.3) is 0 Å². The Hall–Kier alpha value is -1.32. The van der Waals surface area contributed by atoms with E-state index in [9.17, 15) is 13.2 Å². The molecule has 2 aliphatic rings. The molecule has 136 valence electrons. The van der Waals surface area contributed by atoms with E-state index in [-0.39, 0.29) is 18.6 Å². The Labute approximate surface area is 140 Å². The van der Waals surface area contributed by atoms with Gasteiger partial charge in [0, 0.05) is 5.56 Å². The molecule has 0 bridgehead atoms. The molecule has 9 heteroatoms. The number of aromatic nitrogens is 2. The number of H-pyrrole nitrogens is 1. The van der Waals surface area contributed by atoms with E-state index in [1.165, 1.54) is 0 Å². The molecule has 5 nitrogen and oxygen atoms in total. The second-order valence-corrected chi connectivity index (χ2v) is 11.0. The van der Waals surface area contributed by atoms with Crippen molar-refractivity contribution in [2.24, 2.45) is 0 Å². The normalized spacial score (nSPS) is 18.2. The lowest BCUT2D eigenvalue weighted by Gasteiger charge is -2.23. The van der Waals surface area contributed by atoms with Crippen molar-refractivity contribution >= 4 is 8.32 Å². The fourth-order valence-corrected chi connectivity index (χ4v) is 3.30. The van der Waals surface area contributed by atoms with E-state index in [2.05, 4.69) is 35.9 Å². The standard InChI is InChI=1S/C8H16O2Si.C7H7F3N2O/c1-11(2,3)10-8-5-4-6-9-7-8;8-7(9,10)6-4-1-2-13-3-5(4)11-12-6/h5H,4,6-7H2,1-3H3;1-3H2,(H,11,12). The van der Waals surface area contributed by atoms with E-state index in [0.29, 0.717) is 18.9 Å².